The molecule has 0 saturated carbocycles. The molecule has 0 bridgehead atoms. The van der Waals surface area contributed by atoms with Gasteiger partial charge in [0.05, 0.1) is 23.3 Å². The molecule has 3 atom stereocenters. The number of nitrogens with zero attached hydrogens (tertiary/aromatic N) is 4. The van der Waals surface area contributed by atoms with Crippen LogP contribution in [-0.4, -0.2) is 153 Å². The molecule has 3 N–H and O–H groups in total. The maximum atomic E-state index is 14.3. The van der Waals surface area contributed by atoms with E-state index < -0.39 is 52.8 Å². The Morgan fingerprint density at radius 1 is 0.889 bits per heavy atom. The summed E-state index contributed by atoms with van der Waals surface area (Å²) in [6, 6.07) is 26.0. The molecular weight excluding hydrogens is 1010 g/mol. The monoisotopic (exact) mass is 1070 g/mol. The van der Waals surface area contributed by atoms with Gasteiger partial charge in [-0.3, -0.25) is 14.6 Å². The first-order valence-electron chi connectivity index (χ1n) is 24.6. The number of allylic oxidation sites excluding steroid dienone is 1. The van der Waals surface area contributed by atoms with Crippen molar-refractivity contribution in [1.82, 2.24) is 24.7 Å². The van der Waals surface area contributed by atoms with Crippen molar-refractivity contribution < 1.29 is 39.5 Å². The van der Waals surface area contributed by atoms with Gasteiger partial charge in [-0.25, -0.2) is 21.6 Å². The number of piperazine rings is 2. The van der Waals surface area contributed by atoms with Gasteiger partial charge in [0.1, 0.15) is 4.90 Å². The van der Waals surface area contributed by atoms with Crippen molar-refractivity contribution in [2.75, 3.05) is 108 Å². The Labute approximate surface area is 431 Å². The van der Waals surface area contributed by atoms with Crippen LogP contribution in [0.1, 0.15) is 55.5 Å². The van der Waals surface area contributed by atoms with E-state index in [-0.39, 0.29) is 17.1 Å². The molecule has 72 heavy (non-hydrogen) atoms. The van der Waals surface area contributed by atoms with E-state index in [1.807, 2.05) is 54.1 Å². The largest absolute Gasteiger partial charge is 0.501 e. The van der Waals surface area contributed by atoms with E-state index in [9.17, 15) is 34.8 Å². The lowest BCUT2D eigenvalue weighted by Gasteiger charge is -2.43. The summed E-state index contributed by atoms with van der Waals surface area (Å²) in [6.45, 7) is 16.0. The number of halogens is 4. The van der Waals surface area contributed by atoms with E-state index in [1.54, 1.807) is 12.1 Å². The summed E-state index contributed by atoms with van der Waals surface area (Å²) in [5.41, 5.74) is -1.03. The third-order valence-electron chi connectivity index (χ3n) is 14.1. The van der Waals surface area contributed by atoms with Crippen molar-refractivity contribution in [2.45, 2.75) is 71.9 Å². The van der Waals surface area contributed by atoms with Crippen molar-refractivity contribution in [3.05, 3.63) is 119 Å². The van der Waals surface area contributed by atoms with Crippen LogP contribution in [0.3, 0.4) is 0 Å². The lowest BCUT2D eigenvalue weighted by molar-refractivity contribution is -0.0435. The molecule has 3 heterocycles. The van der Waals surface area contributed by atoms with Gasteiger partial charge in [0.2, 0.25) is 0 Å². The summed E-state index contributed by atoms with van der Waals surface area (Å²) in [5.74, 6) is -0.659. The van der Waals surface area contributed by atoms with Gasteiger partial charge in [-0.2, -0.15) is 13.2 Å². The Bertz CT molecular complexity index is 2740. The first-order valence-corrected chi connectivity index (χ1v) is 29.0. The molecule has 390 valence electrons. The highest BCUT2D eigenvalue weighted by Gasteiger charge is 2.48. The average Bonchev–Trinajstić information content (AvgIpc) is 3.35. The molecule has 1 amide bonds. The van der Waals surface area contributed by atoms with E-state index in [2.05, 4.69) is 49.3 Å². The summed E-state index contributed by atoms with van der Waals surface area (Å²) in [4.78, 5) is 21.8. The zero-order valence-electron chi connectivity index (χ0n) is 40.8. The average molecular weight is 1070 g/mol. The summed E-state index contributed by atoms with van der Waals surface area (Å²) in [7, 11) is -10.9. The second-order valence-corrected chi connectivity index (χ2v) is 24.8. The Morgan fingerprint density at radius 3 is 2.28 bits per heavy atom. The smallest absolute Gasteiger partial charge is 0.380 e. The van der Waals surface area contributed by atoms with Crippen LogP contribution in [-0.2, 0) is 24.6 Å². The van der Waals surface area contributed by atoms with Crippen LogP contribution in [0.15, 0.2) is 117 Å². The van der Waals surface area contributed by atoms with Gasteiger partial charge in [0.25, 0.3) is 25.8 Å². The molecule has 3 fully saturated rings. The molecule has 0 spiro atoms. The van der Waals surface area contributed by atoms with Gasteiger partial charge in [-0.15, -0.1) is 11.8 Å². The molecule has 4 aliphatic rings. The number of sulfonamides is 1. The van der Waals surface area contributed by atoms with Gasteiger partial charge in [0, 0.05) is 118 Å². The van der Waals surface area contributed by atoms with Crippen molar-refractivity contribution in [3.63, 3.8) is 0 Å². The molecule has 2 unspecified atom stereocenters. The molecule has 13 nitrogen and oxygen atoms in total. The van der Waals surface area contributed by atoms with E-state index in [1.165, 1.54) is 40.6 Å². The number of thioether (sulfide) groups is 1. The molecule has 0 aromatic heterocycles. The highest BCUT2D eigenvalue weighted by molar-refractivity contribution is 7.99. The standard InChI is InChI=1S/C52H65ClF3N7O6S3/c1-38-34-60(30-31-69-38)23-19-43(36-70-45-6-4-3-5-7-45)58-48-17-16-46(32-49(48)71(65,66)52(54,55)56)72(67,68)59-50(64)40-10-14-44(15-11-40)63-28-26-61(27-29-63)35-41-33-51(2,37-62-24-21-57-22-25-62)20-18-47(41)39-8-12-42(53)13-9-39/h3-17,32,38,43,57-58H,18-31,33-37H2,1-2H3,(H,59,64)/t38?,43?,51-/m1/s1. The number of anilines is 2. The summed E-state index contributed by atoms with van der Waals surface area (Å²) >= 11 is 7.74. The SMILES string of the molecule is CC1CN(CCC(CSc2ccccc2)Nc2ccc(S(=O)(=O)NC(=O)c3ccc(N4CCN(CC5=C(c6ccc(Cl)cc6)CC[C@@](C)(CN6CCNCC6)C5)CC4)cc3)cc2S(=O)(=O)C(F)(F)F)CCO1. The van der Waals surface area contributed by atoms with Crippen molar-refractivity contribution in [3.8, 4) is 0 Å². The third kappa shape index (κ3) is 13.9. The number of benzene rings is 4. The first kappa shape index (κ1) is 54.1. The van der Waals surface area contributed by atoms with Gasteiger partial charge in [0.15, 0.2) is 0 Å². The van der Waals surface area contributed by atoms with Crippen LogP contribution in [0.5, 0.6) is 0 Å². The number of carbonyl (C=O) groups excluding carboxylic acids is 1. The number of sulfone groups is 1. The van der Waals surface area contributed by atoms with Gasteiger partial charge < -0.3 is 25.2 Å². The second-order valence-electron chi connectivity index (χ2n) is 19.7. The van der Waals surface area contributed by atoms with Crippen LogP contribution >= 0.6 is 23.4 Å². The van der Waals surface area contributed by atoms with Crippen LogP contribution < -0.4 is 20.3 Å². The fraction of sp³-hybridized carbons (Fsp3) is 0.481. The zero-order valence-corrected chi connectivity index (χ0v) is 44.0. The van der Waals surface area contributed by atoms with Gasteiger partial charge in [-0.1, -0.05) is 54.4 Å². The first-order chi connectivity index (χ1) is 34.3. The number of nitrogens with one attached hydrogen (secondary N) is 3. The van der Waals surface area contributed by atoms with E-state index in [0.29, 0.717) is 49.5 Å². The molecule has 20 heteroatoms. The highest BCUT2D eigenvalue weighted by Crippen LogP contribution is 2.44. The van der Waals surface area contributed by atoms with Crippen molar-refractivity contribution >= 4 is 66.1 Å². The minimum atomic E-state index is -6.07. The quantitative estimate of drug-likeness (QED) is 0.0827. The molecule has 3 saturated heterocycles. The fourth-order valence-electron chi connectivity index (χ4n) is 10.2. The normalized spacial score (nSPS) is 21.6. The Morgan fingerprint density at radius 2 is 1.60 bits per heavy atom. The number of hydrogen-bond acceptors (Lipinski definition) is 13. The minimum Gasteiger partial charge on any atom is -0.380 e. The van der Waals surface area contributed by atoms with Gasteiger partial charge >= 0.3 is 5.51 Å². The number of rotatable bonds is 18. The Hall–Kier alpha value is -4.18. The zero-order chi connectivity index (χ0) is 51.1. The maximum absolute atomic E-state index is 14.3. The molecule has 4 aromatic carbocycles. The van der Waals surface area contributed by atoms with E-state index >= 15 is 0 Å². The predicted octanol–water partition coefficient (Wildman–Crippen LogP) is 8.11. The van der Waals surface area contributed by atoms with E-state index in [4.69, 9.17) is 16.3 Å². The van der Waals surface area contributed by atoms with Crippen LogP contribution in [0.25, 0.3) is 5.57 Å². The number of hydrogen-bond donors (Lipinski definition) is 3. The van der Waals surface area contributed by atoms with Crippen LogP contribution in [0, 0.1) is 5.41 Å². The van der Waals surface area contributed by atoms with Crippen molar-refractivity contribution in [2.24, 2.45) is 5.41 Å². The molecule has 8 rings (SSSR count). The maximum Gasteiger partial charge on any atom is 0.501 e. The number of amides is 1. The highest BCUT2D eigenvalue weighted by atomic mass is 35.5. The molecule has 0 radical (unpaired) electrons. The molecular formula is C52H65ClF3N7O6S3. The third-order valence-corrected chi connectivity index (χ3v) is 18.4. The summed E-state index contributed by atoms with van der Waals surface area (Å²) in [5, 5.41) is 7.20. The number of carbonyl (C=O) groups is 1. The molecule has 1 aliphatic carbocycles. The summed E-state index contributed by atoms with van der Waals surface area (Å²) in [6.07, 6.45) is 3.60. The Balaban J connectivity index is 0.922. The predicted molar refractivity (Wildman–Crippen MR) is 280 cm³/mol. The van der Waals surface area contributed by atoms with Crippen LogP contribution in [0.4, 0.5) is 24.5 Å². The summed E-state index contributed by atoms with van der Waals surface area (Å²) < 4.78 is 104. The number of morpholine rings is 1. The van der Waals surface area contributed by atoms with Crippen LogP contribution in [0.2, 0.25) is 5.02 Å². The second kappa shape index (κ2) is 23.6. The Kier molecular flexibility index (Phi) is 17.7. The minimum absolute atomic E-state index is 0.00127. The molecule has 4 aromatic rings. The lowest BCUT2D eigenvalue weighted by Crippen LogP contribution is -2.49. The van der Waals surface area contributed by atoms with Crippen molar-refractivity contribution in [1.29, 1.82) is 0 Å². The lowest BCUT2D eigenvalue weighted by atomic mass is 9.71. The number of ether oxygens (including phenoxy) is 1. The van der Waals surface area contributed by atoms with Gasteiger partial charge in [-0.05, 0) is 116 Å². The van der Waals surface area contributed by atoms with E-state index in [0.717, 1.165) is 107 Å². The topological polar surface area (TPSA) is 144 Å². The number of alkyl halides is 3. The fourth-order valence-corrected chi connectivity index (χ4v) is 13.3. The molecule has 3 aliphatic heterocycles.